The number of fused-ring (bicyclic) bond motifs is 1. The summed E-state index contributed by atoms with van der Waals surface area (Å²) in [5, 5.41) is 0. The summed E-state index contributed by atoms with van der Waals surface area (Å²) < 4.78 is 44.7. The summed E-state index contributed by atoms with van der Waals surface area (Å²) in [6.45, 7) is 1.63. The third-order valence-corrected chi connectivity index (χ3v) is 5.28. The molecular formula is C22H22F3NO3. The highest BCUT2D eigenvalue weighted by molar-refractivity contribution is 6.04. The highest BCUT2D eigenvalue weighted by Gasteiger charge is 2.51. The molecule has 1 atom stereocenters. The van der Waals surface area contributed by atoms with Crippen molar-refractivity contribution in [3.63, 3.8) is 0 Å². The van der Waals surface area contributed by atoms with Gasteiger partial charge in [-0.3, -0.25) is 9.59 Å². The van der Waals surface area contributed by atoms with E-state index in [1.165, 1.54) is 0 Å². The highest BCUT2D eigenvalue weighted by atomic mass is 19.4. The van der Waals surface area contributed by atoms with Gasteiger partial charge in [-0.1, -0.05) is 30.3 Å². The van der Waals surface area contributed by atoms with Gasteiger partial charge in [0, 0.05) is 11.3 Å². The van der Waals surface area contributed by atoms with Crippen LogP contribution in [-0.2, 0) is 16.0 Å². The van der Waals surface area contributed by atoms with Crippen LogP contribution in [-0.4, -0.2) is 24.5 Å². The van der Waals surface area contributed by atoms with Gasteiger partial charge in [-0.15, -0.1) is 0 Å². The molecule has 154 valence electrons. The summed E-state index contributed by atoms with van der Waals surface area (Å²) in [7, 11) is 0. The van der Waals surface area contributed by atoms with Crippen LogP contribution in [0.25, 0.3) is 11.1 Å². The van der Waals surface area contributed by atoms with Gasteiger partial charge in [0.15, 0.2) is 5.78 Å². The molecule has 1 aliphatic carbocycles. The van der Waals surface area contributed by atoms with E-state index in [-0.39, 0.29) is 25.0 Å². The Bertz CT molecular complexity index is 922. The van der Waals surface area contributed by atoms with Crippen molar-refractivity contribution >= 4 is 17.4 Å². The van der Waals surface area contributed by atoms with Crippen LogP contribution in [0.4, 0.5) is 18.9 Å². The highest BCUT2D eigenvalue weighted by Crippen LogP contribution is 2.46. The van der Waals surface area contributed by atoms with E-state index in [1.807, 2.05) is 18.2 Å². The van der Waals surface area contributed by atoms with Gasteiger partial charge in [0.05, 0.1) is 24.9 Å². The maximum Gasteiger partial charge on any atom is 0.390 e. The lowest BCUT2D eigenvalue weighted by molar-refractivity contribution is -0.162. The van der Waals surface area contributed by atoms with Crippen LogP contribution in [0.15, 0.2) is 42.5 Å². The molecule has 2 N–H and O–H groups in total. The molecule has 29 heavy (non-hydrogen) atoms. The SMILES string of the molecule is CCOC(=O)CC1(CC(F)(F)F)CCc2cc(-c3ccc(N)cc3)ccc2C1=O. The molecule has 7 heteroatoms. The van der Waals surface area contributed by atoms with Crippen LogP contribution < -0.4 is 5.73 Å². The maximum absolute atomic E-state index is 13.3. The van der Waals surface area contributed by atoms with Crippen LogP contribution in [0, 0.1) is 5.41 Å². The molecule has 1 aliphatic rings. The number of benzene rings is 2. The number of alkyl halides is 3. The molecule has 0 aromatic heterocycles. The van der Waals surface area contributed by atoms with E-state index in [0.29, 0.717) is 11.3 Å². The topological polar surface area (TPSA) is 69.4 Å². The molecule has 0 aliphatic heterocycles. The quantitative estimate of drug-likeness (QED) is 0.564. The molecule has 1 unspecified atom stereocenters. The second-order valence-electron chi connectivity index (χ2n) is 7.38. The van der Waals surface area contributed by atoms with E-state index < -0.39 is 36.2 Å². The first-order chi connectivity index (χ1) is 13.6. The lowest BCUT2D eigenvalue weighted by atomic mass is 9.66. The first kappa shape index (κ1) is 20.9. The number of hydrogen-bond acceptors (Lipinski definition) is 4. The van der Waals surface area contributed by atoms with Crippen LogP contribution in [0.3, 0.4) is 0 Å². The fraction of sp³-hybridized carbons (Fsp3) is 0.364. The maximum atomic E-state index is 13.3. The molecular weight excluding hydrogens is 383 g/mol. The monoisotopic (exact) mass is 405 g/mol. The standard InChI is InChI=1S/C22H22F3NO3/c1-2-29-19(27)12-21(13-22(23,24)25)10-9-16-11-15(5-8-18(16)20(21)28)14-3-6-17(26)7-4-14/h3-8,11H,2,9-10,12-13,26H2,1H3. The van der Waals surface area contributed by atoms with E-state index in [4.69, 9.17) is 10.5 Å². The van der Waals surface area contributed by atoms with Crippen molar-refractivity contribution in [3.8, 4) is 11.1 Å². The Balaban J connectivity index is 1.96. The van der Waals surface area contributed by atoms with Crippen molar-refractivity contribution in [3.05, 3.63) is 53.6 Å². The summed E-state index contributed by atoms with van der Waals surface area (Å²) in [6.07, 6.45) is -6.25. The zero-order chi connectivity index (χ0) is 21.2. The number of ketones is 1. The number of ether oxygens (including phenoxy) is 1. The van der Waals surface area contributed by atoms with Gasteiger partial charge in [-0.25, -0.2) is 0 Å². The van der Waals surface area contributed by atoms with E-state index in [0.717, 1.165) is 11.1 Å². The lowest BCUT2D eigenvalue weighted by Gasteiger charge is -2.36. The number of halogens is 3. The van der Waals surface area contributed by atoms with Crippen molar-refractivity contribution in [1.82, 2.24) is 0 Å². The van der Waals surface area contributed by atoms with Crippen molar-refractivity contribution in [2.24, 2.45) is 5.41 Å². The fourth-order valence-corrected chi connectivity index (χ4v) is 3.92. The van der Waals surface area contributed by atoms with E-state index in [1.54, 1.807) is 31.2 Å². The Kier molecular flexibility index (Phi) is 5.68. The molecule has 0 bridgehead atoms. The molecule has 2 aromatic rings. The predicted molar refractivity (Wildman–Crippen MR) is 103 cm³/mol. The largest absolute Gasteiger partial charge is 0.466 e. The van der Waals surface area contributed by atoms with Gasteiger partial charge in [-0.2, -0.15) is 13.2 Å². The fourth-order valence-electron chi connectivity index (χ4n) is 3.92. The van der Waals surface area contributed by atoms with Gasteiger partial charge < -0.3 is 10.5 Å². The summed E-state index contributed by atoms with van der Waals surface area (Å²) in [6, 6.07) is 12.3. The van der Waals surface area contributed by atoms with Crippen molar-refractivity contribution in [2.75, 3.05) is 12.3 Å². The third kappa shape index (κ3) is 4.60. The van der Waals surface area contributed by atoms with E-state index in [9.17, 15) is 22.8 Å². The molecule has 0 radical (unpaired) electrons. The van der Waals surface area contributed by atoms with Crippen molar-refractivity contribution < 1.29 is 27.5 Å². The minimum absolute atomic E-state index is 0.0522. The van der Waals surface area contributed by atoms with E-state index in [2.05, 4.69) is 0 Å². The van der Waals surface area contributed by atoms with E-state index >= 15 is 0 Å². The summed E-state index contributed by atoms with van der Waals surface area (Å²) in [5.41, 5.74) is 7.18. The number of nitrogens with two attached hydrogens (primary N) is 1. The Labute approximate surface area is 166 Å². The van der Waals surface area contributed by atoms with Crippen LogP contribution >= 0.6 is 0 Å². The molecule has 0 amide bonds. The Morgan fingerprint density at radius 3 is 2.41 bits per heavy atom. The minimum Gasteiger partial charge on any atom is -0.466 e. The third-order valence-electron chi connectivity index (χ3n) is 5.28. The number of aryl methyl sites for hydroxylation is 1. The normalized spacial score (nSPS) is 19.0. The number of carbonyl (C=O) groups is 2. The van der Waals surface area contributed by atoms with Crippen LogP contribution in [0.1, 0.15) is 42.1 Å². The Hall–Kier alpha value is -2.83. The first-order valence-electron chi connectivity index (χ1n) is 9.39. The second-order valence-corrected chi connectivity index (χ2v) is 7.38. The summed E-state index contributed by atoms with van der Waals surface area (Å²) >= 11 is 0. The van der Waals surface area contributed by atoms with Crippen LogP contribution in [0.2, 0.25) is 0 Å². The van der Waals surface area contributed by atoms with Gasteiger partial charge in [0.1, 0.15) is 0 Å². The van der Waals surface area contributed by atoms with Crippen LogP contribution in [0.5, 0.6) is 0 Å². The predicted octanol–water partition coefficient (Wildman–Crippen LogP) is 4.96. The second kappa shape index (κ2) is 7.89. The Morgan fingerprint density at radius 1 is 1.14 bits per heavy atom. The van der Waals surface area contributed by atoms with Gasteiger partial charge in [-0.05, 0) is 48.6 Å². The number of anilines is 1. The lowest BCUT2D eigenvalue weighted by Crippen LogP contribution is -2.42. The van der Waals surface area contributed by atoms with Crippen molar-refractivity contribution in [2.45, 2.75) is 38.8 Å². The average molecular weight is 405 g/mol. The average Bonchev–Trinajstić information content (AvgIpc) is 2.64. The number of carbonyl (C=O) groups excluding carboxylic acids is 2. The minimum atomic E-state index is -4.57. The van der Waals surface area contributed by atoms with Gasteiger partial charge >= 0.3 is 12.1 Å². The number of nitrogen functional groups attached to an aromatic ring is 1. The Morgan fingerprint density at radius 2 is 1.79 bits per heavy atom. The van der Waals surface area contributed by atoms with Gasteiger partial charge in [0.2, 0.25) is 0 Å². The molecule has 0 spiro atoms. The summed E-state index contributed by atoms with van der Waals surface area (Å²) in [4.78, 5) is 25.1. The molecule has 3 rings (SSSR count). The number of esters is 1. The number of rotatable bonds is 5. The molecule has 0 saturated carbocycles. The summed E-state index contributed by atoms with van der Waals surface area (Å²) in [5.74, 6) is -1.43. The van der Waals surface area contributed by atoms with Gasteiger partial charge in [0.25, 0.3) is 0 Å². The zero-order valence-corrected chi connectivity index (χ0v) is 16.0. The molecule has 0 heterocycles. The van der Waals surface area contributed by atoms with Crippen molar-refractivity contribution in [1.29, 1.82) is 0 Å². The number of Topliss-reactive ketones (excluding diaryl/α,β-unsaturated/α-hetero) is 1. The molecule has 0 saturated heterocycles. The molecule has 4 nitrogen and oxygen atoms in total. The zero-order valence-electron chi connectivity index (χ0n) is 16.0. The molecule has 0 fully saturated rings. The number of hydrogen-bond donors (Lipinski definition) is 1. The molecule has 2 aromatic carbocycles. The first-order valence-corrected chi connectivity index (χ1v) is 9.39. The smallest absolute Gasteiger partial charge is 0.390 e.